The number of rotatable bonds is 7. The highest BCUT2D eigenvalue weighted by molar-refractivity contribution is 5.94. The first kappa shape index (κ1) is 27.3. The average molecular weight is 520 g/mol. The molecule has 2 heterocycles. The first-order valence-electron chi connectivity index (χ1n) is 13.3. The highest BCUT2D eigenvalue weighted by atomic mass is 16.2. The quantitative estimate of drug-likeness (QED) is 0.515. The summed E-state index contributed by atoms with van der Waals surface area (Å²) in [6.07, 6.45) is 1.76. The highest BCUT2D eigenvalue weighted by Crippen LogP contribution is 2.31. The summed E-state index contributed by atoms with van der Waals surface area (Å²) in [5, 5.41) is 8.89. The number of benzene rings is 2. The molecular formula is C29H37N5O4. The second-order valence-electron chi connectivity index (χ2n) is 10.1. The molecule has 9 nitrogen and oxygen atoms in total. The Morgan fingerprint density at radius 2 is 1.53 bits per heavy atom. The number of amides is 4. The Bertz CT molecular complexity index is 1100. The minimum atomic E-state index is -0.933. The normalized spacial score (nSPS) is 22.3. The summed E-state index contributed by atoms with van der Waals surface area (Å²) >= 11 is 0. The molecule has 2 fully saturated rings. The lowest BCUT2D eigenvalue weighted by molar-refractivity contribution is -0.146. The Labute approximate surface area is 223 Å². The lowest BCUT2D eigenvalue weighted by atomic mass is 9.98. The lowest BCUT2D eigenvalue weighted by Crippen LogP contribution is -2.62. The zero-order valence-corrected chi connectivity index (χ0v) is 22.2. The molecule has 9 heteroatoms. The summed E-state index contributed by atoms with van der Waals surface area (Å²) < 4.78 is 0. The predicted octanol–water partition coefficient (Wildman–Crippen LogP) is 1.60. The summed E-state index contributed by atoms with van der Waals surface area (Å²) in [6, 6.07) is 16.8. The molecule has 4 rings (SSSR count). The van der Waals surface area contributed by atoms with Crippen LogP contribution in [-0.4, -0.2) is 77.7 Å². The van der Waals surface area contributed by atoms with Crippen molar-refractivity contribution >= 4 is 23.6 Å². The standard InChI is InChI=1S/C29H37N5O4/c1-19(30-3)27(36)31-24-18-33(20(2)35)17-16-23-14-15-25(34(23)29(24)38)28(37)32-26(21-10-6-4-7-11-21)22-12-8-5-9-13-22/h4-13,19,23-26,30H,14-18H2,1-3H3,(H,31,36)(H,32,37)/t19-,23+,24-,25+/m0/s1. The van der Waals surface area contributed by atoms with Gasteiger partial charge in [0, 0.05) is 26.1 Å². The number of hydrogen-bond donors (Lipinski definition) is 3. The zero-order chi connectivity index (χ0) is 27.2. The fraction of sp³-hybridized carbons (Fsp3) is 0.448. The molecule has 0 aromatic heterocycles. The van der Waals surface area contributed by atoms with E-state index >= 15 is 0 Å². The minimum absolute atomic E-state index is 0.0740. The second-order valence-corrected chi connectivity index (χ2v) is 10.1. The Hall–Kier alpha value is -3.72. The van der Waals surface area contributed by atoms with Crippen LogP contribution in [0.3, 0.4) is 0 Å². The number of fused-ring (bicyclic) bond motifs is 1. The molecule has 2 saturated heterocycles. The molecule has 0 unspecified atom stereocenters. The van der Waals surface area contributed by atoms with Gasteiger partial charge >= 0.3 is 0 Å². The van der Waals surface area contributed by atoms with Crippen LogP contribution in [0.2, 0.25) is 0 Å². The van der Waals surface area contributed by atoms with Gasteiger partial charge in [-0.2, -0.15) is 0 Å². The largest absolute Gasteiger partial charge is 0.343 e. The number of carbonyl (C=O) groups is 4. The monoisotopic (exact) mass is 519 g/mol. The van der Waals surface area contributed by atoms with E-state index in [9.17, 15) is 19.2 Å². The average Bonchev–Trinajstić information content (AvgIpc) is 3.35. The van der Waals surface area contributed by atoms with Crippen LogP contribution in [0.4, 0.5) is 0 Å². The number of nitrogens with zero attached hydrogens (tertiary/aromatic N) is 2. The van der Waals surface area contributed by atoms with Crippen LogP contribution in [0.25, 0.3) is 0 Å². The molecule has 0 radical (unpaired) electrons. The number of likely N-dealkylation sites (N-methyl/N-ethyl adjacent to an activating group) is 1. The Morgan fingerprint density at radius 1 is 0.921 bits per heavy atom. The predicted molar refractivity (Wildman–Crippen MR) is 144 cm³/mol. The van der Waals surface area contributed by atoms with Crippen LogP contribution in [0, 0.1) is 0 Å². The SMILES string of the molecule is CN[C@@H](C)C(=O)N[C@H]1CN(C(C)=O)CC[C@H]2CC[C@H](C(=O)NC(c3ccccc3)c3ccccc3)N2C1=O. The molecular weight excluding hydrogens is 482 g/mol. The molecule has 0 aliphatic carbocycles. The van der Waals surface area contributed by atoms with Crippen LogP contribution < -0.4 is 16.0 Å². The van der Waals surface area contributed by atoms with Crippen LogP contribution in [-0.2, 0) is 19.2 Å². The molecule has 0 spiro atoms. The zero-order valence-electron chi connectivity index (χ0n) is 22.2. The van der Waals surface area contributed by atoms with Gasteiger partial charge in [-0.1, -0.05) is 60.7 Å². The molecule has 3 N–H and O–H groups in total. The molecule has 0 saturated carbocycles. The number of nitrogens with one attached hydrogen (secondary N) is 3. The molecule has 2 aliphatic rings. The maximum atomic E-state index is 13.9. The Balaban J connectivity index is 1.60. The van der Waals surface area contributed by atoms with E-state index in [-0.39, 0.29) is 42.3 Å². The van der Waals surface area contributed by atoms with Gasteiger partial charge in [0.1, 0.15) is 12.1 Å². The topological polar surface area (TPSA) is 111 Å². The Morgan fingerprint density at radius 3 is 2.08 bits per heavy atom. The molecule has 4 atom stereocenters. The van der Waals surface area contributed by atoms with E-state index in [1.165, 1.54) is 6.92 Å². The highest BCUT2D eigenvalue weighted by Gasteiger charge is 2.45. The van der Waals surface area contributed by atoms with Crippen molar-refractivity contribution in [3.63, 3.8) is 0 Å². The van der Waals surface area contributed by atoms with Crippen LogP contribution >= 0.6 is 0 Å². The van der Waals surface area contributed by atoms with E-state index < -0.39 is 18.1 Å². The number of hydrogen-bond acceptors (Lipinski definition) is 5. The van der Waals surface area contributed by atoms with E-state index in [1.54, 1.807) is 23.8 Å². The van der Waals surface area contributed by atoms with Crippen molar-refractivity contribution < 1.29 is 19.2 Å². The van der Waals surface area contributed by atoms with Gasteiger partial charge in [0.2, 0.25) is 23.6 Å². The molecule has 2 aromatic rings. The Kier molecular flexibility index (Phi) is 8.78. The van der Waals surface area contributed by atoms with Crippen molar-refractivity contribution in [1.82, 2.24) is 25.8 Å². The third kappa shape index (κ3) is 6.05. The van der Waals surface area contributed by atoms with E-state index in [2.05, 4.69) is 16.0 Å². The van der Waals surface area contributed by atoms with E-state index in [0.29, 0.717) is 25.8 Å². The fourth-order valence-corrected chi connectivity index (χ4v) is 5.34. The summed E-state index contributed by atoms with van der Waals surface area (Å²) in [5.41, 5.74) is 1.90. The van der Waals surface area contributed by atoms with Gasteiger partial charge in [0.25, 0.3) is 0 Å². The van der Waals surface area contributed by atoms with Crippen LogP contribution in [0.5, 0.6) is 0 Å². The summed E-state index contributed by atoms with van der Waals surface area (Å²) in [6.45, 7) is 3.71. The van der Waals surface area contributed by atoms with Gasteiger partial charge in [-0.25, -0.2) is 0 Å². The van der Waals surface area contributed by atoms with Crippen molar-refractivity contribution in [3.8, 4) is 0 Å². The van der Waals surface area contributed by atoms with Gasteiger partial charge in [-0.3, -0.25) is 19.2 Å². The van der Waals surface area contributed by atoms with Crippen molar-refractivity contribution in [3.05, 3.63) is 71.8 Å². The maximum Gasteiger partial charge on any atom is 0.247 e. The number of carbonyl (C=O) groups excluding carboxylic acids is 4. The van der Waals surface area contributed by atoms with Gasteiger partial charge in [0.15, 0.2) is 0 Å². The smallest absolute Gasteiger partial charge is 0.247 e. The van der Waals surface area contributed by atoms with Gasteiger partial charge in [0.05, 0.1) is 12.1 Å². The molecule has 202 valence electrons. The third-order valence-corrected chi connectivity index (χ3v) is 7.63. The first-order valence-corrected chi connectivity index (χ1v) is 13.3. The van der Waals surface area contributed by atoms with Crippen molar-refractivity contribution in [2.45, 2.75) is 63.3 Å². The van der Waals surface area contributed by atoms with Crippen LogP contribution in [0.1, 0.15) is 50.3 Å². The molecule has 38 heavy (non-hydrogen) atoms. The van der Waals surface area contributed by atoms with Crippen molar-refractivity contribution in [2.75, 3.05) is 20.1 Å². The summed E-state index contributed by atoms with van der Waals surface area (Å²) in [7, 11) is 1.67. The van der Waals surface area contributed by atoms with E-state index in [0.717, 1.165) is 11.1 Å². The molecule has 4 amide bonds. The third-order valence-electron chi connectivity index (χ3n) is 7.63. The minimum Gasteiger partial charge on any atom is -0.343 e. The first-order chi connectivity index (χ1) is 18.3. The molecule has 0 bridgehead atoms. The maximum absolute atomic E-state index is 13.9. The van der Waals surface area contributed by atoms with E-state index in [1.807, 2.05) is 60.7 Å². The summed E-state index contributed by atoms with van der Waals surface area (Å²) in [4.78, 5) is 55.9. The van der Waals surface area contributed by atoms with Crippen molar-refractivity contribution in [1.29, 1.82) is 0 Å². The molecule has 2 aliphatic heterocycles. The van der Waals surface area contributed by atoms with Crippen LogP contribution in [0.15, 0.2) is 60.7 Å². The van der Waals surface area contributed by atoms with Crippen molar-refractivity contribution in [2.24, 2.45) is 0 Å². The van der Waals surface area contributed by atoms with E-state index in [4.69, 9.17) is 0 Å². The lowest BCUT2D eigenvalue weighted by Gasteiger charge is -2.39. The second kappa shape index (κ2) is 12.2. The van der Waals surface area contributed by atoms with Gasteiger partial charge in [-0.15, -0.1) is 0 Å². The van der Waals surface area contributed by atoms with Gasteiger partial charge < -0.3 is 25.8 Å². The fourth-order valence-electron chi connectivity index (χ4n) is 5.34. The van der Waals surface area contributed by atoms with Gasteiger partial charge in [-0.05, 0) is 44.4 Å². The summed E-state index contributed by atoms with van der Waals surface area (Å²) in [5.74, 6) is -1.03. The molecule has 2 aromatic carbocycles.